The Bertz CT molecular complexity index is 1100. The van der Waals surface area contributed by atoms with E-state index >= 15 is 0 Å². The normalized spacial score (nSPS) is 19.3. The van der Waals surface area contributed by atoms with Crippen molar-refractivity contribution in [1.29, 1.82) is 0 Å². The van der Waals surface area contributed by atoms with Crippen molar-refractivity contribution >= 4 is 5.65 Å². The second-order valence-corrected chi connectivity index (χ2v) is 6.90. The van der Waals surface area contributed by atoms with Gasteiger partial charge in [0.25, 0.3) is 0 Å². The van der Waals surface area contributed by atoms with E-state index in [0.29, 0.717) is 11.8 Å². The molecule has 0 unspecified atom stereocenters. The third-order valence-corrected chi connectivity index (χ3v) is 5.10. The lowest BCUT2D eigenvalue weighted by Gasteiger charge is -2.04. The van der Waals surface area contributed by atoms with Crippen molar-refractivity contribution in [2.24, 2.45) is 7.05 Å². The monoisotopic (exact) mass is 348 g/mol. The Morgan fingerprint density at radius 1 is 1.15 bits per heavy atom. The van der Waals surface area contributed by atoms with E-state index < -0.39 is 0 Å². The maximum Gasteiger partial charge on any atom is 0.177 e. The van der Waals surface area contributed by atoms with Crippen LogP contribution in [-0.2, 0) is 13.6 Å². The van der Waals surface area contributed by atoms with Crippen molar-refractivity contribution < 1.29 is 0 Å². The SMILES string of the molecule is CCn1nc([C@@H]2C[C@H]2c2cnn(C)c2)cc1-c1ccc2nnc(C)n2n1. The molecule has 0 N–H and O–H groups in total. The highest BCUT2D eigenvalue weighted by Crippen LogP contribution is 2.54. The van der Waals surface area contributed by atoms with Gasteiger partial charge in [-0.2, -0.15) is 19.8 Å². The van der Waals surface area contributed by atoms with Gasteiger partial charge in [0, 0.05) is 25.7 Å². The summed E-state index contributed by atoms with van der Waals surface area (Å²) in [6.45, 7) is 4.82. The lowest BCUT2D eigenvalue weighted by molar-refractivity contribution is 0.650. The van der Waals surface area contributed by atoms with E-state index in [1.54, 1.807) is 4.52 Å². The van der Waals surface area contributed by atoms with Crippen LogP contribution in [0.15, 0.2) is 30.6 Å². The summed E-state index contributed by atoms with van der Waals surface area (Å²) in [5.41, 5.74) is 5.12. The first-order valence-corrected chi connectivity index (χ1v) is 8.89. The summed E-state index contributed by atoms with van der Waals surface area (Å²) in [6, 6.07) is 6.12. The maximum absolute atomic E-state index is 4.85. The smallest absolute Gasteiger partial charge is 0.177 e. The van der Waals surface area contributed by atoms with Gasteiger partial charge in [-0.05, 0) is 49.9 Å². The number of aromatic nitrogens is 8. The lowest BCUT2D eigenvalue weighted by atomic mass is 10.1. The Morgan fingerprint density at radius 3 is 2.81 bits per heavy atom. The first kappa shape index (κ1) is 15.2. The Hall–Kier alpha value is -3.03. The van der Waals surface area contributed by atoms with E-state index in [9.17, 15) is 0 Å². The minimum absolute atomic E-state index is 0.464. The summed E-state index contributed by atoms with van der Waals surface area (Å²) >= 11 is 0. The first-order valence-electron chi connectivity index (χ1n) is 8.89. The maximum atomic E-state index is 4.85. The zero-order valence-electron chi connectivity index (χ0n) is 15.0. The molecule has 0 saturated heterocycles. The molecule has 0 bridgehead atoms. The lowest BCUT2D eigenvalue weighted by Crippen LogP contribution is -2.03. The minimum atomic E-state index is 0.464. The molecule has 4 aromatic heterocycles. The molecule has 0 aromatic carbocycles. The molecule has 0 radical (unpaired) electrons. The Balaban J connectivity index is 1.50. The number of nitrogens with zero attached hydrogens (tertiary/aromatic N) is 8. The van der Waals surface area contributed by atoms with E-state index in [4.69, 9.17) is 10.2 Å². The highest BCUT2D eigenvalue weighted by molar-refractivity contribution is 5.57. The highest BCUT2D eigenvalue weighted by atomic mass is 15.4. The molecule has 4 heterocycles. The predicted octanol–water partition coefficient (Wildman–Crippen LogP) is 2.32. The Labute approximate surface area is 150 Å². The fourth-order valence-corrected chi connectivity index (χ4v) is 3.62. The average molecular weight is 348 g/mol. The van der Waals surface area contributed by atoms with Crippen LogP contribution in [0.2, 0.25) is 0 Å². The molecule has 1 saturated carbocycles. The largest absolute Gasteiger partial charge is 0.276 e. The molecule has 1 fully saturated rings. The zero-order valence-corrected chi connectivity index (χ0v) is 15.0. The average Bonchev–Trinajstić information content (AvgIpc) is 2.97. The summed E-state index contributed by atoms with van der Waals surface area (Å²) < 4.78 is 5.67. The standard InChI is InChI=1S/C18H20N8/c1-4-25-17(15-5-6-18-21-20-11(2)26(18)23-15)8-16(22-25)14-7-13(14)12-9-19-24(3)10-12/h5-6,8-10,13-14H,4,7H2,1-3H3/t13-,14+/m0/s1. The highest BCUT2D eigenvalue weighted by Gasteiger charge is 2.42. The molecular weight excluding hydrogens is 328 g/mol. The van der Waals surface area contributed by atoms with Crippen molar-refractivity contribution in [3.63, 3.8) is 0 Å². The van der Waals surface area contributed by atoms with Gasteiger partial charge in [-0.3, -0.25) is 9.36 Å². The third-order valence-electron chi connectivity index (χ3n) is 5.10. The molecule has 8 heteroatoms. The molecule has 1 aliphatic carbocycles. The molecule has 132 valence electrons. The minimum Gasteiger partial charge on any atom is -0.276 e. The second-order valence-electron chi connectivity index (χ2n) is 6.90. The van der Waals surface area contributed by atoms with Gasteiger partial charge in [0.15, 0.2) is 11.5 Å². The molecule has 5 rings (SSSR count). The van der Waals surface area contributed by atoms with Gasteiger partial charge in [-0.25, -0.2) is 0 Å². The van der Waals surface area contributed by atoms with E-state index in [0.717, 1.165) is 41.5 Å². The Kier molecular flexibility index (Phi) is 3.22. The summed E-state index contributed by atoms with van der Waals surface area (Å²) in [5, 5.41) is 22.0. The molecule has 4 aromatic rings. The summed E-state index contributed by atoms with van der Waals surface area (Å²) in [4.78, 5) is 0. The van der Waals surface area contributed by atoms with Gasteiger partial charge in [-0.15, -0.1) is 10.2 Å². The van der Waals surface area contributed by atoms with Crippen LogP contribution in [0.1, 0.15) is 42.3 Å². The van der Waals surface area contributed by atoms with Gasteiger partial charge < -0.3 is 0 Å². The number of hydrogen-bond donors (Lipinski definition) is 0. The van der Waals surface area contributed by atoms with Crippen LogP contribution in [0.3, 0.4) is 0 Å². The number of fused-ring (bicyclic) bond motifs is 1. The van der Waals surface area contributed by atoms with Crippen molar-refractivity contribution in [2.45, 2.75) is 38.6 Å². The number of aryl methyl sites for hydroxylation is 3. The van der Waals surface area contributed by atoms with Gasteiger partial charge in [-0.1, -0.05) is 0 Å². The van der Waals surface area contributed by atoms with Gasteiger partial charge in [0.05, 0.1) is 17.6 Å². The summed E-state index contributed by atoms with van der Waals surface area (Å²) in [5.74, 6) is 1.77. The van der Waals surface area contributed by atoms with Crippen molar-refractivity contribution in [2.75, 3.05) is 0 Å². The van der Waals surface area contributed by atoms with Crippen LogP contribution in [0, 0.1) is 6.92 Å². The van der Waals surface area contributed by atoms with Crippen molar-refractivity contribution in [3.05, 3.63) is 47.7 Å². The van der Waals surface area contributed by atoms with Crippen LogP contribution < -0.4 is 0 Å². The van der Waals surface area contributed by atoms with Crippen molar-refractivity contribution in [3.8, 4) is 11.4 Å². The zero-order chi connectivity index (χ0) is 17.8. The van der Waals surface area contributed by atoms with E-state index in [1.165, 1.54) is 5.56 Å². The molecule has 1 aliphatic rings. The molecule has 0 spiro atoms. The van der Waals surface area contributed by atoms with E-state index in [2.05, 4.69) is 34.5 Å². The van der Waals surface area contributed by atoms with Crippen LogP contribution >= 0.6 is 0 Å². The van der Waals surface area contributed by atoms with E-state index in [1.807, 2.05) is 41.7 Å². The van der Waals surface area contributed by atoms with Gasteiger partial charge in [0.2, 0.25) is 0 Å². The summed E-state index contributed by atoms with van der Waals surface area (Å²) in [6.07, 6.45) is 5.20. The van der Waals surface area contributed by atoms with Gasteiger partial charge in [0.1, 0.15) is 5.69 Å². The fraction of sp³-hybridized carbons (Fsp3) is 0.389. The van der Waals surface area contributed by atoms with E-state index in [-0.39, 0.29) is 0 Å². The quantitative estimate of drug-likeness (QED) is 0.565. The third kappa shape index (κ3) is 2.33. The summed E-state index contributed by atoms with van der Waals surface area (Å²) in [7, 11) is 1.96. The molecule has 0 amide bonds. The molecule has 8 nitrogen and oxygen atoms in total. The second kappa shape index (κ2) is 5.48. The first-order chi connectivity index (χ1) is 12.6. The van der Waals surface area contributed by atoms with Crippen molar-refractivity contribution in [1.82, 2.24) is 39.4 Å². The molecule has 0 aliphatic heterocycles. The fourth-order valence-electron chi connectivity index (χ4n) is 3.62. The molecule has 2 atom stereocenters. The number of hydrogen-bond acceptors (Lipinski definition) is 5. The Morgan fingerprint density at radius 2 is 2.04 bits per heavy atom. The van der Waals surface area contributed by atoms with Crippen LogP contribution in [-0.4, -0.2) is 39.4 Å². The number of rotatable bonds is 4. The van der Waals surface area contributed by atoms with Crippen LogP contribution in [0.4, 0.5) is 0 Å². The van der Waals surface area contributed by atoms with Gasteiger partial charge >= 0.3 is 0 Å². The van der Waals surface area contributed by atoms with Crippen LogP contribution in [0.5, 0.6) is 0 Å². The molecule has 26 heavy (non-hydrogen) atoms. The van der Waals surface area contributed by atoms with Crippen LogP contribution in [0.25, 0.3) is 17.0 Å². The topological polar surface area (TPSA) is 78.7 Å². The molecular formula is C18H20N8. The predicted molar refractivity (Wildman–Crippen MR) is 95.7 cm³/mol.